The molecule has 2 rings (SSSR count). The van der Waals surface area contributed by atoms with Crippen LogP contribution in [0.25, 0.3) is 0 Å². The molecule has 1 fully saturated rings. The van der Waals surface area contributed by atoms with Gasteiger partial charge in [-0.2, -0.15) is 0 Å². The van der Waals surface area contributed by atoms with Crippen molar-refractivity contribution >= 4 is 5.91 Å². The highest BCUT2D eigenvalue weighted by atomic mass is 16.4. The Labute approximate surface area is 101 Å². The lowest BCUT2D eigenvalue weighted by Crippen LogP contribution is -2.45. The summed E-state index contributed by atoms with van der Waals surface area (Å²) in [6, 6.07) is 3.54. The van der Waals surface area contributed by atoms with Gasteiger partial charge in [0.15, 0.2) is 5.76 Å². The maximum absolute atomic E-state index is 12.1. The number of aliphatic hydroxyl groups is 1. The summed E-state index contributed by atoms with van der Waals surface area (Å²) >= 11 is 0. The maximum Gasteiger partial charge on any atom is 0.289 e. The second-order valence-corrected chi connectivity index (χ2v) is 4.70. The number of amides is 1. The van der Waals surface area contributed by atoms with Crippen molar-refractivity contribution in [2.45, 2.75) is 32.8 Å². The zero-order valence-electron chi connectivity index (χ0n) is 10.3. The Morgan fingerprint density at radius 1 is 1.59 bits per heavy atom. The van der Waals surface area contributed by atoms with E-state index in [9.17, 15) is 9.90 Å². The summed E-state index contributed by atoms with van der Waals surface area (Å²) in [5, 5.41) is 9.77. The summed E-state index contributed by atoms with van der Waals surface area (Å²) in [6.45, 7) is 5.09. The number of β-amino-alcohol motifs (C(OH)–C–C–N with tert-alkyl or cyclic N) is 1. The highest BCUT2D eigenvalue weighted by Crippen LogP contribution is 2.19. The summed E-state index contributed by atoms with van der Waals surface area (Å²) in [4.78, 5) is 13.8. The van der Waals surface area contributed by atoms with Gasteiger partial charge >= 0.3 is 0 Å². The molecule has 1 aromatic heterocycles. The predicted octanol–water partition coefficient (Wildman–Crippen LogP) is 1.68. The molecule has 0 radical (unpaired) electrons. The third kappa shape index (κ3) is 2.52. The van der Waals surface area contributed by atoms with Crippen molar-refractivity contribution in [3.8, 4) is 0 Å². The van der Waals surface area contributed by atoms with Crippen molar-refractivity contribution in [1.82, 2.24) is 4.90 Å². The van der Waals surface area contributed by atoms with E-state index in [1.54, 1.807) is 11.0 Å². The van der Waals surface area contributed by atoms with E-state index >= 15 is 0 Å². The molecule has 1 aromatic rings. The maximum atomic E-state index is 12.1. The standard InChI is InChI=1S/C13H19NO3/c1-3-10-4-5-12(17-10)13(16)14-7-6-9(2)11(15)8-14/h4-5,9,11,15H,3,6-8H2,1-2H3. The zero-order valence-corrected chi connectivity index (χ0v) is 10.3. The van der Waals surface area contributed by atoms with Gasteiger partial charge in [-0.15, -0.1) is 0 Å². The van der Waals surface area contributed by atoms with E-state index in [0.717, 1.165) is 18.6 Å². The van der Waals surface area contributed by atoms with Gasteiger partial charge in [0, 0.05) is 19.5 Å². The van der Waals surface area contributed by atoms with Crippen LogP contribution < -0.4 is 0 Å². The van der Waals surface area contributed by atoms with E-state index in [0.29, 0.717) is 18.8 Å². The molecule has 1 amide bonds. The summed E-state index contributed by atoms with van der Waals surface area (Å²) in [5.74, 6) is 1.35. The molecule has 4 heteroatoms. The van der Waals surface area contributed by atoms with Crippen molar-refractivity contribution in [1.29, 1.82) is 0 Å². The predicted molar refractivity (Wildman–Crippen MR) is 63.8 cm³/mol. The average Bonchev–Trinajstić information content (AvgIpc) is 2.80. The molecular weight excluding hydrogens is 218 g/mol. The van der Waals surface area contributed by atoms with Crippen molar-refractivity contribution in [3.63, 3.8) is 0 Å². The minimum atomic E-state index is -0.423. The molecule has 2 unspecified atom stereocenters. The SMILES string of the molecule is CCc1ccc(C(=O)N2CCC(C)C(O)C2)o1. The number of aliphatic hydroxyl groups excluding tert-OH is 1. The fourth-order valence-electron chi connectivity index (χ4n) is 2.07. The lowest BCUT2D eigenvalue weighted by molar-refractivity contribution is 0.0230. The molecule has 17 heavy (non-hydrogen) atoms. The largest absolute Gasteiger partial charge is 0.456 e. The Balaban J connectivity index is 2.05. The first-order valence-corrected chi connectivity index (χ1v) is 6.18. The number of carbonyl (C=O) groups is 1. The van der Waals surface area contributed by atoms with E-state index in [2.05, 4.69) is 0 Å². The molecule has 0 bridgehead atoms. The van der Waals surface area contributed by atoms with Gasteiger partial charge in [-0.05, 0) is 24.5 Å². The van der Waals surface area contributed by atoms with Crippen LogP contribution in [-0.2, 0) is 6.42 Å². The minimum absolute atomic E-state index is 0.115. The summed E-state index contributed by atoms with van der Waals surface area (Å²) in [5.41, 5.74) is 0. The fourth-order valence-corrected chi connectivity index (χ4v) is 2.07. The van der Waals surface area contributed by atoms with Crippen LogP contribution >= 0.6 is 0 Å². The van der Waals surface area contributed by atoms with Crippen LogP contribution in [0, 0.1) is 5.92 Å². The Hall–Kier alpha value is -1.29. The van der Waals surface area contributed by atoms with E-state index < -0.39 is 6.10 Å². The van der Waals surface area contributed by atoms with Crippen molar-refractivity contribution in [3.05, 3.63) is 23.7 Å². The molecule has 2 atom stereocenters. The van der Waals surface area contributed by atoms with Crippen LogP contribution in [-0.4, -0.2) is 35.1 Å². The van der Waals surface area contributed by atoms with E-state index in [-0.39, 0.29) is 11.8 Å². The first-order valence-electron chi connectivity index (χ1n) is 6.18. The second kappa shape index (κ2) is 4.92. The first kappa shape index (κ1) is 12.2. The highest BCUT2D eigenvalue weighted by molar-refractivity contribution is 5.91. The van der Waals surface area contributed by atoms with E-state index in [1.165, 1.54) is 0 Å². The lowest BCUT2D eigenvalue weighted by Gasteiger charge is -2.33. The van der Waals surface area contributed by atoms with Gasteiger partial charge in [0.05, 0.1) is 6.10 Å². The molecule has 4 nitrogen and oxygen atoms in total. The third-order valence-electron chi connectivity index (χ3n) is 3.43. The molecule has 1 aliphatic rings. The number of likely N-dealkylation sites (tertiary alicyclic amines) is 1. The molecule has 1 aliphatic heterocycles. The van der Waals surface area contributed by atoms with Crippen molar-refractivity contribution in [2.24, 2.45) is 5.92 Å². The molecule has 1 N–H and O–H groups in total. The molecule has 2 heterocycles. The zero-order chi connectivity index (χ0) is 12.4. The van der Waals surface area contributed by atoms with Crippen molar-refractivity contribution < 1.29 is 14.3 Å². The van der Waals surface area contributed by atoms with Crippen LogP contribution in [0.1, 0.15) is 36.6 Å². The Bertz CT molecular complexity index is 399. The van der Waals surface area contributed by atoms with E-state index in [1.807, 2.05) is 19.9 Å². The Kier molecular flexibility index (Phi) is 3.52. The van der Waals surface area contributed by atoms with Gasteiger partial charge in [-0.25, -0.2) is 0 Å². The monoisotopic (exact) mass is 237 g/mol. The highest BCUT2D eigenvalue weighted by Gasteiger charge is 2.29. The van der Waals surface area contributed by atoms with Gasteiger partial charge in [-0.3, -0.25) is 4.79 Å². The topological polar surface area (TPSA) is 53.7 Å². The number of aryl methyl sites for hydroxylation is 1. The van der Waals surface area contributed by atoms with Gasteiger partial charge in [0.2, 0.25) is 0 Å². The van der Waals surface area contributed by atoms with Crippen LogP contribution in [0.3, 0.4) is 0 Å². The smallest absolute Gasteiger partial charge is 0.289 e. The number of rotatable bonds is 2. The summed E-state index contributed by atoms with van der Waals surface area (Å²) in [6.07, 6.45) is 1.20. The Morgan fingerprint density at radius 2 is 2.35 bits per heavy atom. The van der Waals surface area contributed by atoms with Gasteiger partial charge < -0.3 is 14.4 Å². The quantitative estimate of drug-likeness (QED) is 0.851. The van der Waals surface area contributed by atoms with Crippen molar-refractivity contribution in [2.75, 3.05) is 13.1 Å². The number of hydrogen-bond donors (Lipinski definition) is 1. The molecule has 0 spiro atoms. The molecule has 0 aliphatic carbocycles. The molecule has 0 saturated carbocycles. The minimum Gasteiger partial charge on any atom is -0.456 e. The Morgan fingerprint density at radius 3 is 2.94 bits per heavy atom. The van der Waals surface area contributed by atoms with E-state index in [4.69, 9.17) is 4.42 Å². The molecule has 0 aromatic carbocycles. The number of nitrogens with zero attached hydrogens (tertiary/aromatic N) is 1. The summed E-state index contributed by atoms with van der Waals surface area (Å²) in [7, 11) is 0. The van der Waals surface area contributed by atoms with Gasteiger partial charge in [-0.1, -0.05) is 13.8 Å². The molecular formula is C13H19NO3. The lowest BCUT2D eigenvalue weighted by atomic mass is 9.96. The number of piperidine rings is 1. The third-order valence-corrected chi connectivity index (χ3v) is 3.43. The van der Waals surface area contributed by atoms with Gasteiger partial charge in [0.1, 0.15) is 5.76 Å². The number of hydrogen-bond acceptors (Lipinski definition) is 3. The summed E-state index contributed by atoms with van der Waals surface area (Å²) < 4.78 is 5.44. The van der Waals surface area contributed by atoms with Crippen LogP contribution in [0.4, 0.5) is 0 Å². The number of carbonyl (C=O) groups excluding carboxylic acids is 1. The molecule has 94 valence electrons. The first-order chi connectivity index (χ1) is 8.11. The normalized spacial score (nSPS) is 25.0. The van der Waals surface area contributed by atoms with Crippen LogP contribution in [0.2, 0.25) is 0 Å². The van der Waals surface area contributed by atoms with Crippen LogP contribution in [0.15, 0.2) is 16.5 Å². The van der Waals surface area contributed by atoms with Gasteiger partial charge in [0.25, 0.3) is 5.91 Å². The number of furan rings is 1. The fraction of sp³-hybridized carbons (Fsp3) is 0.615. The van der Waals surface area contributed by atoms with Crippen LogP contribution in [0.5, 0.6) is 0 Å². The molecule has 1 saturated heterocycles. The average molecular weight is 237 g/mol. The second-order valence-electron chi connectivity index (χ2n) is 4.70.